The first-order valence-electron chi connectivity index (χ1n) is 11.4. The minimum absolute atomic E-state index is 0.00173. The predicted molar refractivity (Wildman–Crippen MR) is 141 cm³/mol. The zero-order chi connectivity index (χ0) is 25.2. The van der Waals surface area contributed by atoms with Crippen molar-refractivity contribution in [3.05, 3.63) is 107 Å². The Kier molecular flexibility index (Phi) is 5.95. The molecule has 0 aliphatic carbocycles. The molecule has 3 aromatic carbocycles. The number of nitrogens with zero attached hydrogens (tertiary/aromatic N) is 3. The number of aromatic nitrogens is 1. The number of furan rings is 1. The molecule has 0 unspecified atom stereocenters. The molecule has 1 aliphatic heterocycles. The average Bonchev–Trinajstić information content (AvgIpc) is 3.55. The number of carbonyl (C=O) groups excluding carboxylic acids is 1. The Morgan fingerprint density at radius 1 is 0.973 bits per heavy atom. The van der Waals surface area contributed by atoms with Crippen molar-refractivity contribution in [2.24, 2.45) is 10.1 Å². The summed E-state index contributed by atoms with van der Waals surface area (Å²) in [6.07, 6.45) is 1.61. The number of para-hydroxylation sites is 1. The zero-order valence-electron chi connectivity index (χ0n) is 19.3. The van der Waals surface area contributed by atoms with Gasteiger partial charge in [-0.1, -0.05) is 18.2 Å². The minimum Gasteiger partial charge on any atom is -0.482 e. The maximum Gasteiger partial charge on any atom is 0.262 e. The summed E-state index contributed by atoms with van der Waals surface area (Å²) in [5.41, 5.74) is 3.78. The van der Waals surface area contributed by atoms with Crippen LogP contribution in [-0.2, 0) is 4.79 Å². The third-order valence-corrected chi connectivity index (χ3v) is 6.45. The Morgan fingerprint density at radius 2 is 1.78 bits per heavy atom. The van der Waals surface area contributed by atoms with Gasteiger partial charge in [-0.25, -0.2) is 14.1 Å². The number of thiazole rings is 1. The van der Waals surface area contributed by atoms with Gasteiger partial charge in [0.15, 0.2) is 6.61 Å². The summed E-state index contributed by atoms with van der Waals surface area (Å²) < 4.78 is 26.4. The topological polar surface area (TPSA) is 81.1 Å². The Bertz CT molecular complexity index is 1680. The van der Waals surface area contributed by atoms with Crippen molar-refractivity contribution in [1.29, 1.82) is 0 Å². The zero-order valence-corrected chi connectivity index (χ0v) is 20.1. The van der Waals surface area contributed by atoms with Gasteiger partial charge in [-0.3, -0.25) is 4.79 Å². The molecule has 7 nitrogen and oxygen atoms in total. The van der Waals surface area contributed by atoms with Crippen molar-refractivity contribution in [1.82, 2.24) is 4.68 Å². The molecule has 0 spiro atoms. The summed E-state index contributed by atoms with van der Waals surface area (Å²) in [5.74, 6) is 1.25. The highest BCUT2D eigenvalue weighted by molar-refractivity contribution is 7.07. The maximum atomic E-state index is 13.3. The van der Waals surface area contributed by atoms with E-state index in [1.54, 1.807) is 29.1 Å². The Labute approximate surface area is 214 Å². The van der Waals surface area contributed by atoms with Gasteiger partial charge < -0.3 is 14.5 Å². The van der Waals surface area contributed by atoms with Gasteiger partial charge in [0.1, 0.15) is 23.1 Å². The van der Waals surface area contributed by atoms with E-state index in [0.29, 0.717) is 27.8 Å². The summed E-state index contributed by atoms with van der Waals surface area (Å²) in [7, 11) is 0. The van der Waals surface area contributed by atoms with Gasteiger partial charge in [0.25, 0.3) is 5.91 Å². The number of halogens is 1. The molecule has 9 heteroatoms. The fourth-order valence-electron chi connectivity index (χ4n) is 3.85. The molecule has 37 heavy (non-hydrogen) atoms. The summed E-state index contributed by atoms with van der Waals surface area (Å²) in [6.45, 7) is -0.00173. The molecule has 1 N–H and O–H groups in total. The number of nitrogens with one attached hydrogen (secondary N) is 1. The van der Waals surface area contributed by atoms with Crippen molar-refractivity contribution < 1.29 is 18.3 Å². The van der Waals surface area contributed by atoms with Crippen LogP contribution in [0.2, 0.25) is 0 Å². The summed E-state index contributed by atoms with van der Waals surface area (Å²) >= 11 is 1.44. The fourth-order valence-corrected chi connectivity index (χ4v) is 4.71. The summed E-state index contributed by atoms with van der Waals surface area (Å²) in [5, 5.41) is 9.50. The summed E-state index contributed by atoms with van der Waals surface area (Å²) in [6, 6.07) is 24.9. The lowest BCUT2D eigenvalue weighted by atomic mass is 10.1. The number of hydrogen-bond acceptors (Lipinski definition) is 6. The van der Waals surface area contributed by atoms with E-state index >= 15 is 0 Å². The number of fused-ring (bicyclic) bond motifs is 1. The quantitative estimate of drug-likeness (QED) is 0.292. The van der Waals surface area contributed by atoms with Gasteiger partial charge in [0, 0.05) is 16.5 Å². The van der Waals surface area contributed by atoms with E-state index in [0.717, 1.165) is 22.5 Å². The normalized spacial score (nSPS) is 13.4. The predicted octanol–water partition coefficient (Wildman–Crippen LogP) is 6.06. The van der Waals surface area contributed by atoms with E-state index in [-0.39, 0.29) is 18.3 Å². The second kappa shape index (κ2) is 9.71. The molecule has 0 radical (unpaired) electrons. The Hall–Kier alpha value is -4.76. The number of ether oxygens (including phenoxy) is 1. The molecular formula is C28H19FN4O3S. The number of carbonyl (C=O) groups is 1. The van der Waals surface area contributed by atoms with Gasteiger partial charge in [0.05, 0.1) is 23.3 Å². The SMILES string of the molecule is O=C1COc2ccc(-c3csc(=Nc4ccccc4)n3N=Cc3ccc(-c4ccc(F)cc4)o3)cc2N1. The lowest BCUT2D eigenvalue weighted by Gasteiger charge is -2.18. The molecule has 0 bridgehead atoms. The number of hydrogen-bond donors (Lipinski definition) is 1. The molecule has 1 amide bonds. The second-order valence-corrected chi connectivity index (χ2v) is 9.00. The van der Waals surface area contributed by atoms with Crippen molar-refractivity contribution in [2.75, 3.05) is 11.9 Å². The van der Waals surface area contributed by atoms with E-state index in [1.165, 1.54) is 23.5 Å². The van der Waals surface area contributed by atoms with E-state index in [2.05, 4.69) is 5.32 Å². The maximum absolute atomic E-state index is 13.3. The van der Waals surface area contributed by atoms with Gasteiger partial charge in [-0.05, 0) is 66.7 Å². The molecule has 182 valence electrons. The van der Waals surface area contributed by atoms with Gasteiger partial charge >= 0.3 is 0 Å². The molecular weight excluding hydrogens is 491 g/mol. The van der Waals surface area contributed by atoms with Crippen LogP contribution in [0.1, 0.15) is 5.76 Å². The molecule has 2 aromatic heterocycles. The number of rotatable bonds is 5. The van der Waals surface area contributed by atoms with Crippen LogP contribution in [0.15, 0.2) is 105 Å². The van der Waals surface area contributed by atoms with Crippen LogP contribution >= 0.6 is 11.3 Å². The molecule has 0 atom stereocenters. The van der Waals surface area contributed by atoms with E-state index in [1.807, 2.05) is 60.0 Å². The Balaban J connectivity index is 1.40. The van der Waals surface area contributed by atoms with Crippen LogP contribution in [-0.4, -0.2) is 23.4 Å². The third-order valence-electron chi connectivity index (χ3n) is 5.63. The first-order valence-corrected chi connectivity index (χ1v) is 12.3. The number of benzene rings is 3. The van der Waals surface area contributed by atoms with Crippen molar-refractivity contribution in [3.63, 3.8) is 0 Å². The molecule has 6 rings (SSSR count). The lowest BCUT2D eigenvalue weighted by molar-refractivity contribution is -0.118. The molecule has 3 heterocycles. The smallest absolute Gasteiger partial charge is 0.262 e. The van der Waals surface area contributed by atoms with Gasteiger partial charge in [-0.2, -0.15) is 5.10 Å². The van der Waals surface area contributed by atoms with Crippen LogP contribution in [0.5, 0.6) is 5.75 Å². The highest BCUT2D eigenvalue weighted by Gasteiger charge is 2.18. The van der Waals surface area contributed by atoms with Crippen LogP contribution in [0.3, 0.4) is 0 Å². The van der Waals surface area contributed by atoms with Gasteiger partial charge in [-0.15, -0.1) is 11.3 Å². The van der Waals surface area contributed by atoms with Crippen molar-refractivity contribution in [3.8, 4) is 28.3 Å². The largest absolute Gasteiger partial charge is 0.482 e. The molecule has 5 aromatic rings. The van der Waals surface area contributed by atoms with Crippen LogP contribution < -0.4 is 14.9 Å². The second-order valence-electron chi connectivity index (χ2n) is 8.16. The van der Waals surface area contributed by atoms with Crippen molar-refractivity contribution >= 4 is 34.8 Å². The number of amides is 1. The van der Waals surface area contributed by atoms with Crippen molar-refractivity contribution in [2.45, 2.75) is 0 Å². The fraction of sp³-hybridized carbons (Fsp3) is 0.0357. The molecule has 0 saturated heterocycles. The van der Waals surface area contributed by atoms with Crippen LogP contribution in [0, 0.1) is 5.82 Å². The molecule has 1 aliphatic rings. The first kappa shape index (κ1) is 22.7. The average molecular weight is 511 g/mol. The molecule has 0 fully saturated rings. The standard InChI is InChI=1S/C28H19FN4O3S/c29-20-9-6-18(7-10-20)25-13-11-22(36-25)15-30-33-24(17-37-28(33)31-21-4-2-1-3-5-21)19-8-12-26-23(14-19)32-27(34)16-35-26/h1-15,17H,16H2,(H,32,34). The minimum atomic E-state index is -0.304. The highest BCUT2D eigenvalue weighted by atomic mass is 32.1. The third kappa shape index (κ3) is 4.85. The van der Waals surface area contributed by atoms with Gasteiger partial charge in [0.2, 0.25) is 4.80 Å². The first-order chi connectivity index (χ1) is 18.1. The van der Waals surface area contributed by atoms with Crippen LogP contribution in [0.25, 0.3) is 22.6 Å². The number of anilines is 1. The monoisotopic (exact) mass is 510 g/mol. The highest BCUT2D eigenvalue weighted by Crippen LogP contribution is 2.33. The summed E-state index contributed by atoms with van der Waals surface area (Å²) in [4.78, 5) is 17.2. The Morgan fingerprint density at radius 3 is 2.62 bits per heavy atom. The van der Waals surface area contributed by atoms with E-state index in [9.17, 15) is 9.18 Å². The van der Waals surface area contributed by atoms with E-state index < -0.39 is 0 Å². The van der Waals surface area contributed by atoms with E-state index in [4.69, 9.17) is 19.2 Å². The lowest BCUT2D eigenvalue weighted by Crippen LogP contribution is -2.25. The van der Waals surface area contributed by atoms with Crippen LogP contribution in [0.4, 0.5) is 15.8 Å². The molecule has 0 saturated carbocycles.